The van der Waals surface area contributed by atoms with Crippen molar-refractivity contribution in [3.8, 4) is 0 Å². The molecule has 0 amide bonds. The summed E-state index contributed by atoms with van der Waals surface area (Å²) in [6.07, 6.45) is 9.42. The molecule has 0 aliphatic carbocycles. The molecule has 0 heterocycles. The first-order valence-electron chi connectivity index (χ1n) is 8.26. The van der Waals surface area contributed by atoms with Crippen molar-refractivity contribution >= 4 is 29.3 Å². The molecule has 2 unspecified atom stereocenters. The molecule has 0 aromatic carbocycles. The first-order valence-corrected chi connectivity index (χ1v) is 9.92. The van der Waals surface area contributed by atoms with Gasteiger partial charge in [-0.1, -0.05) is 18.9 Å². The van der Waals surface area contributed by atoms with Gasteiger partial charge < -0.3 is 4.74 Å². The molecule has 0 spiro atoms. The van der Waals surface area contributed by atoms with Gasteiger partial charge in [-0.25, -0.2) is 4.79 Å². The van der Waals surface area contributed by atoms with Gasteiger partial charge in [0, 0.05) is 11.3 Å². The molecule has 2 nitrogen and oxygen atoms in total. The molecular formula is C18H33ClO2S. The summed E-state index contributed by atoms with van der Waals surface area (Å²) in [6.45, 7) is 10.8. The maximum Gasteiger partial charge on any atom is 0.330 e. The maximum atomic E-state index is 11.3. The lowest BCUT2D eigenvalue weighted by Gasteiger charge is -2.27. The highest BCUT2D eigenvalue weighted by molar-refractivity contribution is 7.99. The summed E-state index contributed by atoms with van der Waals surface area (Å²) >= 11 is 8.30. The van der Waals surface area contributed by atoms with Crippen LogP contribution in [0.3, 0.4) is 0 Å². The van der Waals surface area contributed by atoms with Gasteiger partial charge in [0.2, 0.25) is 0 Å². The van der Waals surface area contributed by atoms with Gasteiger partial charge in [0.1, 0.15) is 0 Å². The molecule has 22 heavy (non-hydrogen) atoms. The zero-order valence-corrected chi connectivity index (χ0v) is 16.6. The molecule has 0 fully saturated rings. The molecule has 0 aromatic heterocycles. The number of carbonyl (C=O) groups excluding carboxylic acids is 1. The molecule has 4 heteroatoms. The molecule has 0 radical (unpaired) electrons. The van der Waals surface area contributed by atoms with Crippen LogP contribution in [0.15, 0.2) is 11.6 Å². The molecule has 0 aliphatic rings. The van der Waals surface area contributed by atoms with Crippen LogP contribution in [0.1, 0.15) is 66.7 Å². The van der Waals surface area contributed by atoms with E-state index in [2.05, 4.69) is 27.0 Å². The number of ether oxygens (including phenoxy) is 1. The van der Waals surface area contributed by atoms with Gasteiger partial charge in [0.15, 0.2) is 0 Å². The Hall–Kier alpha value is -0.150. The second-order valence-electron chi connectivity index (χ2n) is 6.61. The van der Waals surface area contributed by atoms with E-state index in [-0.39, 0.29) is 10.8 Å². The van der Waals surface area contributed by atoms with Crippen LogP contribution >= 0.6 is 23.4 Å². The third-order valence-corrected chi connectivity index (χ3v) is 5.68. The number of hydrogen-bond acceptors (Lipinski definition) is 3. The summed E-state index contributed by atoms with van der Waals surface area (Å²) in [6, 6.07) is 0. The zero-order valence-electron chi connectivity index (χ0n) is 15.1. The average Bonchev–Trinajstić information content (AvgIpc) is 2.37. The molecule has 2 atom stereocenters. The molecule has 0 bridgehead atoms. The van der Waals surface area contributed by atoms with Crippen molar-refractivity contribution in [1.82, 2.24) is 0 Å². The average molecular weight is 349 g/mol. The van der Waals surface area contributed by atoms with E-state index in [0.29, 0.717) is 17.8 Å². The normalized spacial score (nSPS) is 15.5. The minimum absolute atomic E-state index is 0.141. The van der Waals surface area contributed by atoms with Crippen LogP contribution in [0.4, 0.5) is 0 Å². The fourth-order valence-corrected chi connectivity index (χ4v) is 3.82. The molecule has 0 saturated carbocycles. The second kappa shape index (κ2) is 11.4. The molecule has 0 aliphatic heterocycles. The molecule has 0 rings (SSSR count). The number of halogens is 1. The summed E-state index contributed by atoms with van der Waals surface area (Å²) < 4.78 is 4.92. The van der Waals surface area contributed by atoms with Crippen LogP contribution in [0.25, 0.3) is 0 Å². The second-order valence-corrected chi connectivity index (χ2v) is 8.62. The number of rotatable bonds is 11. The van der Waals surface area contributed by atoms with Crippen molar-refractivity contribution in [1.29, 1.82) is 0 Å². The summed E-state index contributed by atoms with van der Waals surface area (Å²) in [5.41, 5.74) is 1.11. The van der Waals surface area contributed by atoms with Crippen molar-refractivity contribution < 1.29 is 9.53 Å². The Morgan fingerprint density at radius 1 is 1.32 bits per heavy atom. The van der Waals surface area contributed by atoms with E-state index in [4.69, 9.17) is 16.3 Å². The Kier molecular flexibility index (Phi) is 11.3. The smallest absolute Gasteiger partial charge is 0.330 e. The van der Waals surface area contributed by atoms with Crippen LogP contribution in [-0.2, 0) is 9.53 Å². The lowest BCUT2D eigenvalue weighted by Crippen LogP contribution is -2.27. The quantitative estimate of drug-likeness (QED) is 0.267. The number of alkyl halides is 1. The van der Waals surface area contributed by atoms with Crippen molar-refractivity contribution in [2.45, 2.75) is 76.8 Å². The summed E-state index contributed by atoms with van der Waals surface area (Å²) in [7, 11) is 0. The first kappa shape index (κ1) is 21.9. The predicted octanol–water partition coefficient (Wildman–Crippen LogP) is 5.83. The topological polar surface area (TPSA) is 26.3 Å². The Morgan fingerprint density at radius 2 is 1.95 bits per heavy atom. The molecule has 0 N–H and O–H groups in total. The number of carbonyl (C=O) groups is 1. The van der Waals surface area contributed by atoms with Gasteiger partial charge in [-0.05, 0) is 65.6 Å². The Bertz CT molecular complexity index is 347. The fraction of sp³-hybridized carbons (Fsp3) is 0.833. The predicted molar refractivity (Wildman–Crippen MR) is 99.9 cm³/mol. The van der Waals surface area contributed by atoms with Gasteiger partial charge in [-0.2, -0.15) is 11.8 Å². The zero-order chi connectivity index (χ0) is 17.2. The van der Waals surface area contributed by atoms with Crippen LogP contribution in [-0.4, -0.2) is 29.0 Å². The number of thioether (sulfide) groups is 1. The Morgan fingerprint density at radius 3 is 2.45 bits per heavy atom. The SMILES string of the molecule is CCOC(=O)/C=C(\C)CCCC(C)CCC(SC)C(C)(C)Cl. The highest BCUT2D eigenvalue weighted by Gasteiger charge is 2.26. The number of hydrogen-bond donors (Lipinski definition) is 0. The van der Waals surface area contributed by atoms with Gasteiger partial charge in [0.05, 0.1) is 11.5 Å². The van der Waals surface area contributed by atoms with Gasteiger partial charge in [-0.3, -0.25) is 0 Å². The monoisotopic (exact) mass is 348 g/mol. The third-order valence-electron chi connectivity index (χ3n) is 3.89. The van der Waals surface area contributed by atoms with Crippen molar-refractivity contribution in [3.05, 3.63) is 11.6 Å². The van der Waals surface area contributed by atoms with Crippen molar-refractivity contribution in [2.75, 3.05) is 12.9 Å². The van der Waals surface area contributed by atoms with E-state index in [9.17, 15) is 4.79 Å². The first-order chi connectivity index (χ1) is 10.2. The maximum absolute atomic E-state index is 11.3. The van der Waals surface area contributed by atoms with Crippen LogP contribution in [0.2, 0.25) is 0 Å². The fourth-order valence-electron chi connectivity index (χ4n) is 2.51. The van der Waals surface area contributed by atoms with Crippen molar-refractivity contribution in [3.63, 3.8) is 0 Å². The van der Waals surface area contributed by atoms with E-state index in [1.165, 1.54) is 12.8 Å². The van der Waals surface area contributed by atoms with Crippen LogP contribution in [0.5, 0.6) is 0 Å². The summed E-state index contributed by atoms with van der Waals surface area (Å²) in [5, 5.41) is 0.502. The van der Waals surface area contributed by atoms with E-state index in [1.807, 2.05) is 25.6 Å². The Balaban J connectivity index is 4.00. The minimum Gasteiger partial charge on any atom is -0.463 e. The van der Waals surface area contributed by atoms with Gasteiger partial charge in [0.25, 0.3) is 0 Å². The molecule has 0 saturated heterocycles. The van der Waals surface area contributed by atoms with E-state index in [1.54, 1.807) is 6.08 Å². The van der Waals surface area contributed by atoms with E-state index < -0.39 is 0 Å². The van der Waals surface area contributed by atoms with E-state index in [0.717, 1.165) is 24.8 Å². The number of esters is 1. The third kappa shape index (κ3) is 10.6. The largest absolute Gasteiger partial charge is 0.463 e. The summed E-state index contributed by atoms with van der Waals surface area (Å²) in [4.78, 5) is 11.2. The van der Waals surface area contributed by atoms with Crippen molar-refractivity contribution in [2.24, 2.45) is 5.92 Å². The van der Waals surface area contributed by atoms with Gasteiger partial charge in [-0.15, -0.1) is 11.6 Å². The summed E-state index contributed by atoms with van der Waals surface area (Å²) in [5.74, 6) is 0.476. The van der Waals surface area contributed by atoms with Crippen LogP contribution < -0.4 is 0 Å². The standard InChI is InChI=1S/C18H33ClO2S/c1-7-21-17(20)13-15(3)10-8-9-14(2)11-12-16(22-6)18(4,5)19/h13-14,16H,7-12H2,1-6H3/b15-13+. The minimum atomic E-state index is -0.222. The molecule has 0 aromatic rings. The highest BCUT2D eigenvalue weighted by Crippen LogP contribution is 2.32. The lowest BCUT2D eigenvalue weighted by atomic mass is 9.94. The lowest BCUT2D eigenvalue weighted by molar-refractivity contribution is -0.137. The molecule has 130 valence electrons. The van der Waals surface area contributed by atoms with Gasteiger partial charge >= 0.3 is 5.97 Å². The van der Waals surface area contributed by atoms with E-state index >= 15 is 0 Å². The number of allylic oxidation sites excluding steroid dienone is 1. The van der Waals surface area contributed by atoms with Crippen LogP contribution in [0, 0.1) is 5.92 Å². The molecular weight excluding hydrogens is 316 g/mol. The highest BCUT2D eigenvalue weighted by atomic mass is 35.5. The Labute approximate surface area is 146 Å².